The lowest BCUT2D eigenvalue weighted by Crippen LogP contribution is -2.28. The van der Waals surface area contributed by atoms with Crippen LogP contribution in [0.2, 0.25) is 0 Å². The number of benzene rings is 1. The molecule has 0 N–H and O–H groups in total. The van der Waals surface area contributed by atoms with Crippen molar-refractivity contribution in [1.29, 1.82) is 0 Å². The Balaban J connectivity index is 2.11. The standard InChI is InChI=1S/C11H13N3O3/c1-12-5-6-13(11(12)15)8-9-3-2-4-10(7-9)14(16)17/h2-4,7H,5-6,8H2,1H3. The zero-order chi connectivity index (χ0) is 12.4. The Morgan fingerprint density at radius 3 is 2.76 bits per heavy atom. The van der Waals surface area contributed by atoms with Gasteiger partial charge in [0.2, 0.25) is 0 Å². The molecule has 1 saturated heterocycles. The highest BCUT2D eigenvalue weighted by Crippen LogP contribution is 2.16. The number of hydrogen-bond donors (Lipinski definition) is 0. The second-order valence-electron chi connectivity index (χ2n) is 4.05. The van der Waals surface area contributed by atoms with Crippen molar-refractivity contribution in [3.05, 3.63) is 39.9 Å². The number of amides is 2. The number of urea groups is 1. The largest absolute Gasteiger partial charge is 0.326 e. The van der Waals surface area contributed by atoms with Crippen molar-refractivity contribution in [2.75, 3.05) is 20.1 Å². The highest BCUT2D eigenvalue weighted by molar-refractivity contribution is 5.76. The summed E-state index contributed by atoms with van der Waals surface area (Å²) in [4.78, 5) is 25.2. The van der Waals surface area contributed by atoms with Crippen LogP contribution in [0, 0.1) is 10.1 Å². The number of hydrogen-bond acceptors (Lipinski definition) is 3. The monoisotopic (exact) mass is 235 g/mol. The Labute approximate surface area is 98.6 Å². The van der Waals surface area contributed by atoms with Crippen LogP contribution in [0.4, 0.5) is 10.5 Å². The van der Waals surface area contributed by atoms with E-state index in [0.717, 1.165) is 5.56 Å². The molecule has 0 atom stereocenters. The first-order valence-electron chi connectivity index (χ1n) is 5.31. The van der Waals surface area contributed by atoms with Crippen molar-refractivity contribution in [3.63, 3.8) is 0 Å². The number of likely N-dealkylation sites (N-methyl/N-ethyl adjacent to an activating group) is 1. The summed E-state index contributed by atoms with van der Waals surface area (Å²) in [5.41, 5.74) is 0.838. The van der Waals surface area contributed by atoms with E-state index in [0.29, 0.717) is 19.6 Å². The smallest absolute Gasteiger partial charge is 0.320 e. The normalized spacial score (nSPS) is 15.5. The molecule has 0 bridgehead atoms. The average Bonchev–Trinajstić information content (AvgIpc) is 2.61. The van der Waals surface area contributed by atoms with E-state index in [1.807, 2.05) is 0 Å². The summed E-state index contributed by atoms with van der Waals surface area (Å²) in [7, 11) is 1.75. The van der Waals surface area contributed by atoms with Crippen molar-refractivity contribution in [3.8, 4) is 0 Å². The predicted octanol–water partition coefficient (Wildman–Crippen LogP) is 1.46. The van der Waals surface area contributed by atoms with Crippen molar-refractivity contribution in [1.82, 2.24) is 9.80 Å². The molecule has 1 aromatic carbocycles. The Morgan fingerprint density at radius 2 is 2.18 bits per heavy atom. The van der Waals surface area contributed by atoms with E-state index in [-0.39, 0.29) is 11.7 Å². The molecule has 6 heteroatoms. The van der Waals surface area contributed by atoms with Crippen LogP contribution in [0.15, 0.2) is 24.3 Å². The van der Waals surface area contributed by atoms with Crippen LogP contribution in [0.3, 0.4) is 0 Å². The molecule has 0 aromatic heterocycles. The molecule has 17 heavy (non-hydrogen) atoms. The van der Waals surface area contributed by atoms with E-state index in [2.05, 4.69) is 0 Å². The molecule has 1 fully saturated rings. The van der Waals surface area contributed by atoms with Crippen molar-refractivity contribution in [2.45, 2.75) is 6.54 Å². The van der Waals surface area contributed by atoms with Crippen LogP contribution >= 0.6 is 0 Å². The van der Waals surface area contributed by atoms with Gasteiger partial charge in [0.25, 0.3) is 5.69 Å². The number of nitrogens with zero attached hydrogens (tertiary/aromatic N) is 3. The first-order valence-corrected chi connectivity index (χ1v) is 5.31. The lowest BCUT2D eigenvalue weighted by Gasteiger charge is -2.15. The second-order valence-corrected chi connectivity index (χ2v) is 4.05. The van der Waals surface area contributed by atoms with Crippen LogP contribution in [0.25, 0.3) is 0 Å². The highest BCUT2D eigenvalue weighted by atomic mass is 16.6. The Hall–Kier alpha value is -2.11. The number of carbonyl (C=O) groups is 1. The summed E-state index contributed by atoms with van der Waals surface area (Å²) in [5, 5.41) is 10.6. The molecule has 1 heterocycles. The molecule has 0 unspecified atom stereocenters. The molecule has 1 aromatic rings. The summed E-state index contributed by atoms with van der Waals surface area (Å²) in [5.74, 6) is 0. The van der Waals surface area contributed by atoms with Gasteiger partial charge in [0.1, 0.15) is 0 Å². The Morgan fingerprint density at radius 1 is 1.41 bits per heavy atom. The van der Waals surface area contributed by atoms with Crippen LogP contribution < -0.4 is 0 Å². The molecule has 0 spiro atoms. The Bertz CT molecular complexity index is 461. The van der Waals surface area contributed by atoms with Gasteiger partial charge in [-0.2, -0.15) is 0 Å². The first kappa shape index (κ1) is 11.4. The van der Waals surface area contributed by atoms with Gasteiger partial charge in [-0.05, 0) is 5.56 Å². The van der Waals surface area contributed by atoms with Crippen LogP contribution in [-0.4, -0.2) is 40.9 Å². The zero-order valence-corrected chi connectivity index (χ0v) is 9.50. The van der Waals surface area contributed by atoms with Gasteiger partial charge in [-0.1, -0.05) is 12.1 Å². The minimum atomic E-state index is -0.429. The van der Waals surface area contributed by atoms with Gasteiger partial charge in [0.15, 0.2) is 0 Å². The van der Waals surface area contributed by atoms with Gasteiger partial charge in [0.05, 0.1) is 4.92 Å². The number of nitro benzene ring substituents is 1. The number of carbonyl (C=O) groups excluding carboxylic acids is 1. The number of nitro groups is 1. The topological polar surface area (TPSA) is 66.7 Å². The summed E-state index contributed by atoms with van der Waals surface area (Å²) < 4.78 is 0. The first-order chi connectivity index (χ1) is 8.08. The third kappa shape index (κ3) is 2.35. The van der Waals surface area contributed by atoms with E-state index in [4.69, 9.17) is 0 Å². The molecule has 6 nitrogen and oxygen atoms in total. The van der Waals surface area contributed by atoms with Gasteiger partial charge in [-0.25, -0.2) is 4.79 Å². The molecule has 2 amide bonds. The summed E-state index contributed by atoms with van der Waals surface area (Å²) in [6, 6.07) is 6.35. The van der Waals surface area contributed by atoms with E-state index in [1.54, 1.807) is 29.0 Å². The molecule has 0 radical (unpaired) electrons. The minimum Gasteiger partial charge on any atom is -0.326 e. The molecule has 1 aliphatic heterocycles. The van der Waals surface area contributed by atoms with E-state index < -0.39 is 4.92 Å². The molecule has 90 valence electrons. The molecular formula is C11H13N3O3. The fraction of sp³-hybridized carbons (Fsp3) is 0.364. The van der Waals surface area contributed by atoms with Crippen molar-refractivity contribution >= 4 is 11.7 Å². The van der Waals surface area contributed by atoms with Crippen molar-refractivity contribution in [2.24, 2.45) is 0 Å². The average molecular weight is 235 g/mol. The fourth-order valence-electron chi connectivity index (χ4n) is 1.84. The zero-order valence-electron chi connectivity index (χ0n) is 9.50. The van der Waals surface area contributed by atoms with Gasteiger partial charge in [-0.15, -0.1) is 0 Å². The lowest BCUT2D eigenvalue weighted by molar-refractivity contribution is -0.384. The maximum atomic E-state index is 11.6. The minimum absolute atomic E-state index is 0.0310. The van der Waals surface area contributed by atoms with Crippen LogP contribution in [0.5, 0.6) is 0 Å². The highest BCUT2D eigenvalue weighted by Gasteiger charge is 2.25. The van der Waals surface area contributed by atoms with Crippen LogP contribution in [0.1, 0.15) is 5.56 Å². The Kier molecular flexibility index (Phi) is 2.95. The van der Waals surface area contributed by atoms with Crippen LogP contribution in [-0.2, 0) is 6.54 Å². The molecule has 0 aliphatic carbocycles. The number of rotatable bonds is 3. The van der Waals surface area contributed by atoms with Crippen molar-refractivity contribution < 1.29 is 9.72 Å². The molecule has 1 aliphatic rings. The molecular weight excluding hydrogens is 222 g/mol. The third-order valence-corrected chi connectivity index (χ3v) is 2.80. The van der Waals surface area contributed by atoms with Gasteiger partial charge >= 0.3 is 6.03 Å². The fourth-order valence-corrected chi connectivity index (χ4v) is 1.84. The molecule has 2 rings (SSSR count). The summed E-state index contributed by atoms with van der Waals surface area (Å²) >= 11 is 0. The van der Waals surface area contributed by atoms with E-state index in [9.17, 15) is 14.9 Å². The van der Waals surface area contributed by atoms with E-state index in [1.165, 1.54) is 12.1 Å². The lowest BCUT2D eigenvalue weighted by atomic mass is 10.2. The maximum absolute atomic E-state index is 11.6. The van der Waals surface area contributed by atoms with Gasteiger partial charge in [-0.3, -0.25) is 10.1 Å². The summed E-state index contributed by atoms with van der Waals surface area (Å²) in [6.45, 7) is 1.79. The number of non-ortho nitro benzene ring substituents is 1. The molecule has 0 saturated carbocycles. The third-order valence-electron chi connectivity index (χ3n) is 2.80. The van der Waals surface area contributed by atoms with Gasteiger partial charge < -0.3 is 9.80 Å². The van der Waals surface area contributed by atoms with Gasteiger partial charge in [0, 0.05) is 38.8 Å². The summed E-state index contributed by atoms with van der Waals surface area (Å²) in [6.07, 6.45) is 0. The quantitative estimate of drug-likeness (QED) is 0.588. The second kappa shape index (κ2) is 4.40. The predicted molar refractivity (Wildman–Crippen MR) is 61.5 cm³/mol. The SMILES string of the molecule is CN1CCN(Cc2cccc([N+](=O)[O-])c2)C1=O. The van der Waals surface area contributed by atoms with E-state index >= 15 is 0 Å². The maximum Gasteiger partial charge on any atom is 0.320 e.